The molecule has 0 nitrogen and oxygen atoms in total. The van der Waals surface area contributed by atoms with E-state index in [1.807, 2.05) is 0 Å². The zero-order valence-electron chi connectivity index (χ0n) is 16.0. The van der Waals surface area contributed by atoms with Gasteiger partial charge in [0.05, 0.1) is 0 Å². The van der Waals surface area contributed by atoms with Crippen LogP contribution in [-0.2, 0) is 6.42 Å². The Balaban J connectivity index is 1.76. The predicted molar refractivity (Wildman–Crippen MR) is 115 cm³/mol. The average molecular weight is 359 g/mol. The third-order valence-electron chi connectivity index (χ3n) is 6.69. The highest BCUT2D eigenvalue weighted by Gasteiger charge is 2.43. The van der Waals surface area contributed by atoms with Crippen molar-refractivity contribution in [2.24, 2.45) is 0 Å². The van der Waals surface area contributed by atoms with Crippen molar-refractivity contribution in [1.82, 2.24) is 0 Å². The molecule has 0 bridgehead atoms. The van der Waals surface area contributed by atoms with Crippen LogP contribution in [0.4, 0.5) is 0 Å². The number of hydrogen-bond donors (Lipinski definition) is 0. The van der Waals surface area contributed by atoms with Crippen LogP contribution >= 0.6 is 0 Å². The van der Waals surface area contributed by atoms with Crippen LogP contribution in [0.15, 0.2) is 83.6 Å². The van der Waals surface area contributed by atoms with E-state index in [1.165, 1.54) is 44.1 Å². The third-order valence-corrected chi connectivity index (χ3v) is 12.2. The molecule has 2 aromatic carbocycles. The van der Waals surface area contributed by atoms with Gasteiger partial charge in [-0.2, -0.15) is 0 Å². The van der Waals surface area contributed by atoms with E-state index in [-0.39, 0.29) is 0 Å². The van der Waals surface area contributed by atoms with E-state index >= 15 is 0 Å². The van der Waals surface area contributed by atoms with Gasteiger partial charge in [-0.3, -0.25) is 0 Å². The summed E-state index contributed by atoms with van der Waals surface area (Å²) in [6.45, 7) is 2.67. The predicted octanol–water partition coefficient (Wildman–Crippen LogP) is 6.34. The molecule has 1 saturated carbocycles. The maximum absolute atomic E-state index is 2.67. The maximum atomic E-state index is 2.67. The highest BCUT2D eigenvalue weighted by atomic mass is 28.3. The first kappa shape index (κ1) is 17.5. The SMILES string of the molecule is C[Si](C1=C(Cc2ccccc2)C=CC1)(c1ccccc1)C1CCCCC1. The van der Waals surface area contributed by atoms with Crippen LogP contribution in [0.3, 0.4) is 0 Å². The number of rotatable bonds is 5. The molecule has 0 spiro atoms. The fourth-order valence-electron chi connectivity index (χ4n) is 5.20. The van der Waals surface area contributed by atoms with Crippen molar-refractivity contribution in [1.29, 1.82) is 0 Å². The molecule has 0 heterocycles. The molecule has 26 heavy (non-hydrogen) atoms. The molecule has 2 aromatic rings. The van der Waals surface area contributed by atoms with Gasteiger partial charge in [-0.05, 0) is 29.5 Å². The van der Waals surface area contributed by atoms with Crippen molar-refractivity contribution in [3.05, 3.63) is 89.1 Å². The topological polar surface area (TPSA) is 0 Å². The Morgan fingerprint density at radius 1 is 0.846 bits per heavy atom. The van der Waals surface area contributed by atoms with Crippen molar-refractivity contribution in [2.75, 3.05) is 0 Å². The Labute approximate surface area is 159 Å². The molecular formula is C25H30Si. The van der Waals surface area contributed by atoms with Crippen LogP contribution in [-0.4, -0.2) is 8.07 Å². The molecule has 0 radical (unpaired) electrons. The molecule has 1 fully saturated rings. The molecule has 2 aliphatic carbocycles. The smallest absolute Gasteiger partial charge is 0.0806 e. The number of hydrogen-bond acceptors (Lipinski definition) is 0. The highest BCUT2D eigenvalue weighted by Crippen LogP contribution is 2.44. The Morgan fingerprint density at radius 3 is 2.19 bits per heavy atom. The van der Waals surface area contributed by atoms with E-state index in [1.54, 1.807) is 16.0 Å². The van der Waals surface area contributed by atoms with Gasteiger partial charge in [0.2, 0.25) is 0 Å². The zero-order valence-corrected chi connectivity index (χ0v) is 17.0. The molecule has 0 aromatic heterocycles. The summed E-state index contributed by atoms with van der Waals surface area (Å²) in [6, 6.07) is 22.5. The van der Waals surface area contributed by atoms with Crippen molar-refractivity contribution >= 4 is 13.3 Å². The average Bonchev–Trinajstić information content (AvgIpc) is 3.18. The Bertz CT molecular complexity index is 781. The van der Waals surface area contributed by atoms with Crippen molar-refractivity contribution in [2.45, 2.75) is 57.0 Å². The summed E-state index contributed by atoms with van der Waals surface area (Å²) in [5.74, 6) is 0. The van der Waals surface area contributed by atoms with Gasteiger partial charge in [-0.25, -0.2) is 0 Å². The number of allylic oxidation sites excluding steroid dienone is 4. The van der Waals surface area contributed by atoms with Crippen LogP contribution in [0, 0.1) is 0 Å². The summed E-state index contributed by atoms with van der Waals surface area (Å²) in [5.41, 5.74) is 3.96. The lowest BCUT2D eigenvalue weighted by atomic mass is 10.0. The minimum Gasteiger partial charge on any atom is -0.0806 e. The Morgan fingerprint density at radius 2 is 1.50 bits per heavy atom. The normalized spacial score (nSPS) is 20.3. The van der Waals surface area contributed by atoms with Gasteiger partial charge in [0.1, 0.15) is 8.07 Å². The summed E-state index contributed by atoms with van der Waals surface area (Å²) >= 11 is 0. The number of benzene rings is 2. The first-order valence-electron chi connectivity index (χ1n) is 10.3. The van der Waals surface area contributed by atoms with Gasteiger partial charge in [0, 0.05) is 0 Å². The first-order valence-corrected chi connectivity index (χ1v) is 12.8. The summed E-state index contributed by atoms with van der Waals surface area (Å²) in [7, 11) is -1.69. The fourth-order valence-corrected chi connectivity index (χ4v) is 10.3. The van der Waals surface area contributed by atoms with E-state index in [0.29, 0.717) is 0 Å². The largest absolute Gasteiger partial charge is 0.114 e. The van der Waals surface area contributed by atoms with Crippen LogP contribution in [0.2, 0.25) is 12.1 Å². The minimum absolute atomic E-state index is 0.902. The summed E-state index contributed by atoms with van der Waals surface area (Å²) in [5, 5.41) is 3.45. The molecule has 0 aliphatic heterocycles. The van der Waals surface area contributed by atoms with Crippen molar-refractivity contribution < 1.29 is 0 Å². The van der Waals surface area contributed by atoms with E-state index in [9.17, 15) is 0 Å². The van der Waals surface area contributed by atoms with E-state index in [4.69, 9.17) is 0 Å². The van der Waals surface area contributed by atoms with Crippen molar-refractivity contribution in [3.63, 3.8) is 0 Å². The summed E-state index contributed by atoms with van der Waals surface area (Å²) < 4.78 is 0. The van der Waals surface area contributed by atoms with Crippen molar-refractivity contribution in [3.8, 4) is 0 Å². The van der Waals surface area contributed by atoms with Crippen LogP contribution in [0.1, 0.15) is 44.1 Å². The molecule has 1 atom stereocenters. The highest BCUT2D eigenvalue weighted by molar-refractivity contribution is 6.98. The lowest BCUT2D eigenvalue weighted by Gasteiger charge is -2.41. The monoisotopic (exact) mass is 358 g/mol. The first-order chi connectivity index (χ1) is 12.8. The maximum Gasteiger partial charge on any atom is 0.114 e. The molecule has 0 amide bonds. The van der Waals surface area contributed by atoms with Gasteiger partial charge >= 0.3 is 0 Å². The molecular weight excluding hydrogens is 328 g/mol. The van der Waals surface area contributed by atoms with Crippen LogP contribution in [0.5, 0.6) is 0 Å². The van der Waals surface area contributed by atoms with Gasteiger partial charge in [0.25, 0.3) is 0 Å². The zero-order chi connectivity index (χ0) is 17.8. The molecule has 4 rings (SSSR count). The van der Waals surface area contributed by atoms with Gasteiger partial charge in [-0.15, -0.1) is 0 Å². The van der Waals surface area contributed by atoms with Gasteiger partial charge < -0.3 is 0 Å². The molecule has 134 valence electrons. The standard InChI is InChI=1S/C25H30Si/c1-26(23-15-7-3-8-16-23,24-17-9-4-10-18-24)25-19-11-14-22(25)20-21-12-5-2-6-13-21/h2-3,5-8,11-16,24H,4,9-10,17-20H2,1H3. The lowest BCUT2D eigenvalue weighted by Crippen LogP contribution is -2.52. The summed E-state index contributed by atoms with van der Waals surface area (Å²) in [6.07, 6.45) is 14.3. The van der Waals surface area contributed by atoms with Gasteiger partial charge in [-0.1, -0.05) is 122 Å². The van der Waals surface area contributed by atoms with Crippen LogP contribution in [0.25, 0.3) is 0 Å². The molecule has 0 saturated heterocycles. The Hall–Kier alpha value is -1.86. The van der Waals surface area contributed by atoms with Crippen LogP contribution < -0.4 is 5.19 Å². The fraction of sp³-hybridized carbons (Fsp3) is 0.360. The van der Waals surface area contributed by atoms with E-state index < -0.39 is 8.07 Å². The minimum atomic E-state index is -1.69. The second-order valence-electron chi connectivity index (χ2n) is 8.18. The van der Waals surface area contributed by atoms with Gasteiger partial charge in [0.15, 0.2) is 0 Å². The lowest BCUT2D eigenvalue weighted by molar-refractivity contribution is 0.494. The molecule has 1 unspecified atom stereocenters. The second kappa shape index (κ2) is 7.80. The molecule has 0 N–H and O–H groups in total. The quantitative estimate of drug-likeness (QED) is 0.547. The van der Waals surface area contributed by atoms with E-state index in [0.717, 1.165) is 12.0 Å². The van der Waals surface area contributed by atoms with E-state index in [2.05, 4.69) is 79.4 Å². The molecule has 1 heteroatoms. The summed E-state index contributed by atoms with van der Waals surface area (Å²) in [4.78, 5) is 0. The second-order valence-corrected chi connectivity index (χ2v) is 12.6. The molecule has 2 aliphatic rings. The third kappa shape index (κ3) is 3.37. The Kier molecular flexibility index (Phi) is 5.26.